The molecule has 1 aromatic carbocycles. The molecule has 2 aromatic rings. The highest BCUT2D eigenvalue weighted by Gasteiger charge is 2.23. The molecular formula is C14H18BrN3O2S. The molecule has 0 aliphatic rings. The molecule has 0 saturated heterocycles. The summed E-state index contributed by atoms with van der Waals surface area (Å²) in [5.74, 6) is 0. The van der Waals surface area contributed by atoms with Crippen LogP contribution in [0.1, 0.15) is 22.5 Å². The van der Waals surface area contributed by atoms with Crippen molar-refractivity contribution in [2.24, 2.45) is 7.05 Å². The van der Waals surface area contributed by atoms with Gasteiger partial charge in [-0.1, -0.05) is 40.2 Å². The van der Waals surface area contributed by atoms with Gasteiger partial charge in [0.05, 0.1) is 11.4 Å². The van der Waals surface area contributed by atoms with Crippen molar-refractivity contribution in [3.05, 3.63) is 46.8 Å². The van der Waals surface area contributed by atoms with Crippen molar-refractivity contribution in [1.82, 2.24) is 14.5 Å². The Morgan fingerprint density at radius 3 is 2.52 bits per heavy atom. The van der Waals surface area contributed by atoms with E-state index in [4.69, 9.17) is 0 Å². The molecule has 0 bridgehead atoms. The molecule has 0 fully saturated rings. The predicted molar refractivity (Wildman–Crippen MR) is 85.8 cm³/mol. The molecule has 1 N–H and O–H groups in total. The Morgan fingerprint density at radius 2 is 1.95 bits per heavy atom. The Labute approximate surface area is 133 Å². The first-order chi connectivity index (χ1) is 9.85. The van der Waals surface area contributed by atoms with Gasteiger partial charge in [0.1, 0.15) is 4.90 Å². The van der Waals surface area contributed by atoms with Crippen LogP contribution in [0.15, 0.2) is 29.2 Å². The van der Waals surface area contributed by atoms with E-state index < -0.39 is 10.0 Å². The van der Waals surface area contributed by atoms with Gasteiger partial charge in [-0.3, -0.25) is 4.68 Å². The van der Waals surface area contributed by atoms with Gasteiger partial charge in [-0.25, -0.2) is 13.1 Å². The Bertz CT molecular complexity index is 754. The van der Waals surface area contributed by atoms with Crippen molar-refractivity contribution in [2.75, 3.05) is 0 Å². The minimum absolute atomic E-state index is 0.261. The highest BCUT2D eigenvalue weighted by atomic mass is 79.9. The monoisotopic (exact) mass is 371 g/mol. The summed E-state index contributed by atoms with van der Waals surface area (Å²) in [6.07, 6.45) is 0. The predicted octanol–water partition coefficient (Wildman–Crippen LogP) is 2.41. The third-order valence-electron chi connectivity index (χ3n) is 3.32. The van der Waals surface area contributed by atoms with Gasteiger partial charge >= 0.3 is 0 Å². The van der Waals surface area contributed by atoms with E-state index in [0.717, 1.165) is 16.5 Å². The van der Waals surface area contributed by atoms with E-state index in [0.29, 0.717) is 11.4 Å². The number of aryl methyl sites for hydroxylation is 2. The van der Waals surface area contributed by atoms with Crippen LogP contribution in [0.2, 0.25) is 0 Å². The average molecular weight is 372 g/mol. The molecule has 1 aromatic heterocycles. The number of halogens is 1. The number of rotatable bonds is 5. The van der Waals surface area contributed by atoms with Crippen molar-refractivity contribution < 1.29 is 8.42 Å². The van der Waals surface area contributed by atoms with Gasteiger partial charge in [0.25, 0.3) is 0 Å². The standard InChI is InChI=1S/C14H18BrN3O2S/c1-10-14(11(2)18(3)17-10)21(19,20)16-9-13-6-4-5-12(7-13)8-15/h4-7,16H,8-9H2,1-3H3. The molecule has 0 amide bonds. The molecule has 0 unspecified atom stereocenters. The average Bonchev–Trinajstić information content (AvgIpc) is 2.71. The summed E-state index contributed by atoms with van der Waals surface area (Å²) >= 11 is 3.39. The molecule has 0 atom stereocenters. The maximum atomic E-state index is 12.4. The topological polar surface area (TPSA) is 64.0 Å². The largest absolute Gasteiger partial charge is 0.271 e. The quantitative estimate of drug-likeness (QED) is 0.820. The number of sulfonamides is 1. The maximum absolute atomic E-state index is 12.4. The number of nitrogens with zero attached hydrogens (tertiary/aromatic N) is 2. The van der Waals surface area contributed by atoms with E-state index in [1.54, 1.807) is 25.6 Å². The molecule has 1 heterocycles. The Balaban J connectivity index is 2.22. The lowest BCUT2D eigenvalue weighted by Gasteiger charge is -2.08. The van der Waals surface area contributed by atoms with Crippen LogP contribution in [0.3, 0.4) is 0 Å². The Hall–Kier alpha value is -1.18. The first-order valence-electron chi connectivity index (χ1n) is 6.49. The third-order valence-corrected chi connectivity index (χ3v) is 5.62. The summed E-state index contributed by atoms with van der Waals surface area (Å²) in [6.45, 7) is 3.71. The van der Waals surface area contributed by atoms with Gasteiger partial charge in [0, 0.05) is 18.9 Å². The summed E-state index contributed by atoms with van der Waals surface area (Å²) in [5.41, 5.74) is 3.18. The second-order valence-electron chi connectivity index (χ2n) is 4.90. The van der Waals surface area contributed by atoms with Crippen LogP contribution < -0.4 is 4.72 Å². The molecule has 114 valence electrons. The highest BCUT2D eigenvalue weighted by Crippen LogP contribution is 2.18. The summed E-state index contributed by atoms with van der Waals surface area (Å²) in [5, 5.41) is 4.90. The minimum atomic E-state index is -3.56. The third kappa shape index (κ3) is 3.53. The fourth-order valence-electron chi connectivity index (χ4n) is 2.22. The first kappa shape index (κ1) is 16.2. The van der Waals surface area contributed by atoms with Crippen LogP contribution in [0.25, 0.3) is 0 Å². The molecule has 0 radical (unpaired) electrons. The van der Waals surface area contributed by atoms with Gasteiger partial charge in [-0.05, 0) is 25.0 Å². The molecule has 21 heavy (non-hydrogen) atoms. The molecule has 5 nitrogen and oxygen atoms in total. The molecule has 0 saturated carbocycles. The van der Waals surface area contributed by atoms with Crippen LogP contribution >= 0.6 is 15.9 Å². The fourth-order valence-corrected chi connectivity index (χ4v) is 4.02. The Kier molecular flexibility index (Phi) is 4.85. The fraction of sp³-hybridized carbons (Fsp3) is 0.357. The highest BCUT2D eigenvalue weighted by molar-refractivity contribution is 9.08. The van der Waals surface area contributed by atoms with Crippen molar-refractivity contribution in [2.45, 2.75) is 30.6 Å². The first-order valence-corrected chi connectivity index (χ1v) is 9.09. The molecule has 0 spiro atoms. The second-order valence-corrected chi connectivity index (χ2v) is 7.17. The summed E-state index contributed by atoms with van der Waals surface area (Å²) in [7, 11) is -1.83. The van der Waals surface area contributed by atoms with E-state index >= 15 is 0 Å². The number of hydrogen-bond donors (Lipinski definition) is 1. The zero-order valence-electron chi connectivity index (χ0n) is 12.2. The van der Waals surface area contributed by atoms with Gasteiger partial charge in [0.2, 0.25) is 10.0 Å². The van der Waals surface area contributed by atoms with E-state index in [1.807, 2.05) is 24.3 Å². The van der Waals surface area contributed by atoms with Crippen molar-refractivity contribution >= 4 is 26.0 Å². The van der Waals surface area contributed by atoms with Crippen LogP contribution in [0, 0.1) is 13.8 Å². The zero-order chi connectivity index (χ0) is 15.6. The van der Waals surface area contributed by atoms with Gasteiger partial charge in [-0.2, -0.15) is 5.10 Å². The minimum Gasteiger partial charge on any atom is -0.271 e. The summed E-state index contributed by atoms with van der Waals surface area (Å²) in [6, 6.07) is 7.78. The second kappa shape index (κ2) is 6.29. The van der Waals surface area contributed by atoms with Crippen LogP contribution in [-0.4, -0.2) is 18.2 Å². The lowest BCUT2D eigenvalue weighted by atomic mass is 10.1. The van der Waals surface area contributed by atoms with E-state index in [-0.39, 0.29) is 11.4 Å². The molecule has 0 aliphatic heterocycles. The van der Waals surface area contributed by atoms with Gasteiger partial charge in [-0.15, -0.1) is 0 Å². The van der Waals surface area contributed by atoms with Crippen LogP contribution in [-0.2, 0) is 28.9 Å². The number of aromatic nitrogens is 2. The Morgan fingerprint density at radius 1 is 1.29 bits per heavy atom. The van der Waals surface area contributed by atoms with Crippen molar-refractivity contribution in [1.29, 1.82) is 0 Å². The maximum Gasteiger partial charge on any atom is 0.244 e. The molecule has 2 rings (SSSR count). The van der Waals surface area contributed by atoms with E-state index in [9.17, 15) is 8.42 Å². The van der Waals surface area contributed by atoms with Crippen LogP contribution in [0.5, 0.6) is 0 Å². The van der Waals surface area contributed by atoms with E-state index in [2.05, 4.69) is 25.8 Å². The molecular weight excluding hydrogens is 354 g/mol. The SMILES string of the molecule is Cc1nn(C)c(C)c1S(=O)(=O)NCc1cccc(CBr)c1. The normalized spacial score (nSPS) is 11.8. The van der Waals surface area contributed by atoms with Gasteiger partial charge < -0.3 is 0 Å². The van der Waals surface area contributed by atoms with E-state index in [1.165, 1.54) is 0 Å². The van der Waals surface area contributed by atoms with Crippen molar-refractivity contribution in [3.63, 3.8) is 0 Å². The van der Waals surface area contributed by atoms with Crippen LogP contribution in [0.4, 0.5) is 0 Å². The lowest BCUT2D eigenvalue weighted by molar-refractivity contribution is 0.579. The summed E-state index contributed by atoms with van der Waals surface area (Å²) < 4.78 is 29.1. The summed E-state index contributed by atoms with van der Waals surface area (Å²) in [4.78, 5) is 0.265. The molecule has 7 heteroatoms. The number of nitrogens with one attached hydrogen (secondary N) is 1. The zero-order valence-corrected chi connectivity index (χ0v) is 14.6. The van der Waals surface area contributed by atoms with Gasteiger partial charge in [0.15, 0.2) is 0 Å². The number of alkyl halides is 1. The number of benzene rings is 1. The van der Waals surface area contributed by atoms with Crippen molar-refractivity contribution in [3.8, 4) is 0 Å². The lowest BCUT2D eigenvalue weighted by Crippen LogP contribution is -2.24. The molecule has 0 aliphatic carbocycles. The smallest absolute Gasteiger partial charge is 0.244 e. The number of hydrogen-bond acceptors (Lipinski definition) is 3.